The predicted octanol–water partition coefficient (Wildman–Crippen LogP) is 4.13. The predicted molar refractivity (Wildman–Crippen MR) is 103 cm³/mol. The number of rotatable bonds is 6. The number of hydrogen-bond donors (Lipinski definition) is 1. The topological polar surface area (TPSA) is 79.2 Å². The van der Waals surface area contributed by atoms with E-state index in [1.807, 2.05) is 36.6 Å². The van der Waals surface area contributed by atoms with Gasteiger partial charge in [-0.1, -0.05) is 12.1 Å². The minimum atomic E-state index is -0.509. The minimum absolute atomic E-state index is 0.00336. The summed E-state index contributed by atoms with van der Waals surface area (Å²) in [4.78, 5) is 25.0. The zero-order valence-corrected chi connectivity index (χ0v) is 15.3. The molecule has 0 aliphatic carbocycles. The first-order valence-corrected chi connectivity index (χ1v) is 9.14. The molecule has 0 unspecified atom stereocenters. The Bertz CT molecular complexity index is 850. The molecule has 6 heteroatoms. The highest BCUT2D eigenvalue weighted by molar-refractivity contribution is 7.98. The van der Waals surface area contributed by atoms with Crippen molar-refractivity contribution in [2.45, 2.75) is 11.8 Å². The van der Waals surface area contributed by atoms with Crippen molar-refractivity contribution < 1.29 is 14.3 Å². The molecular weight excluding hydrogens is 348 g/mol. The minimum Gasteiger partial charge on any atom is -0.462 e. The van der Waals surface area contributed by atoms with E-state index in [-0.39, 0.29) is 5.57 Å². The molecular formula is C20H18N2O3S. The lowest BCUT2D eigenvalue weighted by atomic mass is 10.1. The monoisotopic (exact) mass is 366 g/mol. The number of thioether (sulfide) groups is 1. The van der Waals surface area contributed by atoms with Crippen LogP contribution >= 0.6 is 11.8 Å². The van der Waals surface area contributed by atoms with E-state index < -0.39 is 11.9 Å². The van der Waals surface area contributed by atoms with Crippen molar-refractivity contribution in [3.63, 3.8) is 0 Å². The molecule has 0 spiro atoms. The van der Waals surface area contributed by atoms with Crippen LogP contribution in [0.3, 0.4) is 0 Å². The van der Waals surface area contributed by atoms with Crippen molar-refractivity contribution in [2.24, 2.45) is 0 Å². The lowest BCUT2D eigenvalue weighted by Crippen LogP contribution is -2.13. The van der Waals surface area contributed by atoms with E-state index in [1.54, 1.807) is 43.0 Å². The van der Waals surface area contributed by atoms with Crippen molar-refractivity contribution in [3.05, 3.63) is 65.2 Å². The number of nitriles is 1. The smallest absolute Gasteiger partial charge is 0.338 e. The second kappa shape index (κ2) is 9.44. The molecule has 0 radical (unpaired) electrons. The first kappa shape index (κ1) is 19.3. The summed E-state index contributed by atoms with van der Waals surface area (Å²) in [6.07, 6.45) is 3.51. The molecule has 0 bridgehead atoms. The number of carbonyl (C=O) groups excluding carboxylic acids is 2. The molecule has 5 nitrogen and oxygen atoms in total. The first-order chi connectivity index (χ1) is 12.6. The summed E-state index contributed by atoms with van der Waals surface area (Å²) in [5, 5.41) is 11.9. The van der Waals surface area contributed by atoms with Crippen molar-refractivity contribution >= 4 is 35.4 Å². The average Bonchev–Trinajstić information content (AvgIpc) is 2.67. The van der Waals surface area contributed by atoms with Gasteiger partial charge in [0.1, 0.15) is 11.6 Å². The van der Waals surface area contributed by atoms with E-state index in [1.165, 1.54) is 6.08 Å². The molecule has 0 saturated carbocycles. The van der Waals surface area contributed by atoms with Crippen LogP contribution in [-0.4, -0.2) is 24.7 Å². The Morgan fingerprint density at radius 2 is 1.81 bits per heavy atom. The normalized spacial score (nSPS) is 10.7. The third-order valence-electron chi connectivity index (χ3n) is 3.45. The highest BCUT2D eigenvalue weighted by Gasteiger charge is 2.11. The zero-order valence-electron chi connectivity index (χ0n) is 14.5. The summed E-state index contributed by atoms with van der Waals surface area (Å²) in [6, 6.07) is 15.8. The maximum absolute atomic E-state index is 12.3. The Hall–Kier alpha value is -3.04. The van der Waals surface area contributed by atoms with Gasteiger partial charge in [0.05, 0.1) is 12.2 Å². The highest BCUT2D eigenvalue weighted by atomic mass is 32.2. The Kier molecular flexibility index (Phi) is 7.01. The van der Waals surface area contributed by atoms with Crippen LogP contribution in [0.5, 0.6) is 0 Å². The molecule has 0 aliphatic rings. The molecule has 0 heterocycles. The van der Waals surface area contributed by atoms with Crippen LogP contribution in [0.2, 0.25) is 0 Å². The largest absolute Gasteiger partial charge is 0.462 e. The quantitative estimate of drug-likeness (QED) is 0.360. The summed E-state index contributed by atoms with van der Waals surface area (Å²) in [6.45, 7) is 2.03. The number of nitrogens with zero attached hydrogens (tertiary/aromatic N) is 1. The van der Waals surface area contributed by atoms with E-state index in [9.17, 15) is 14.9 Å². The van der Waals surface area contributed by atoms with Crippen molar-refractivity contribution in [1.29, 1.82) is 5.26 Å². The molecule has 132 valence electrons. The van der Waals surface area contributed by atoms with Gasteiger partial charge in [0.25, 0.3) is 5.91 Å². The van der Waals surface area contributed by atoms with Crippen molar-refractivity contribution in [2.75, 3.05) is 18.2 Å². The van der Waals surface area contributed by atoms with Crippen LogP contribution in [-0.2, 0) is 9.53 Å². The van der Waals surface area contributed by atoms with E-state index in [0.29, 0.717) is 17.9 Å². The number of amides is 1. The van der Waals surface area contributed by atoms with Gasteiger partial charge in [-0.25, -0.2) is 4.79 Å². The van der Waals surface area contributed by atoms with Crippen LogP contribution in [0.25, 0.3) is 6.08 Å². The lowest BCUT2D eigenvalue weighted by molar-refractivity contribution is -0.112. The molecule has 0 aromatic heterocycles. The summed E-state index contributed by atoms with van der Waals surface area (Å²) in [7, 11) is 0. The van der Waals surface area contributed by atoms with E-state index in [4.69, 9.17) is 4.74 Å². The molecule has 26 heavy (non-hydrogen) atoms. The fraction of sp³-hybridized carbons (Fsp3) is 0.150. The summed E-state index contributed by atoms with van der Waals surface area (Å²) in [5.41, 5.74) is 1.65. The Morgan fingerprint density at radius 1 is 1.15 bits per heavy atom. The molecule has 1 N–H and O–H groups in total. The molecule has 0 saturated heterocycles. The number of esters is 1. The second-order valence-electron chi connectivity index (χ2n) is 5.19. The third kappa shape index (κ3) is 5.23. The summed E-state index contributed by atoms with van der Waals surface area (Å²) in [5.74, 6) is -0.929. The SMILES string of the molecule is CCOC(=O)c1ccc(NC(=O)/C(C#N)=C/c2ccc(SC)cc2)cc1. The number of carbonyl (C=O) groups is 2. The molecule has 0 fully saturated rings. The molecule has 1 amide bonds. The van der Waals surface area contributed by atoms with Gasteiger partial charge in [0.2, 0.25) is 0 Å². The van der Waals surface area contributed by atoms with Crippen molar-refractivity contribution in [1.82, 2.24) is 0 Å². The fourth-order valence-corrected chi connectivity index (χ4v) is 2.53. The van der Waals surface area contributed by atoms with Gasteiger partial charge in [0.15, 0.2) is 0 Å². The van der Waals surface area contributed by atoms with Gasteiger partial charge in [-0.05, 0) is 61.2 Å². The van der Waals surface area contributed by atoms with E-state index in [0.717, 1.165) is 10.5 Å². The van der Waals surface area contributed by atoms with Gasteiger partial charge < -0.3 is 10.1 Å². The number of anilines is 1. The molecule has 2 aromatic carbocycles. The maximum Gasteiger partial charge on any atom is 0.338 e. The fourth-order valence-electron chi connectivity index (χ4n) is 2.12. The molecule has 2 aromatic rings. The van der Waals surface area contributed by atoms with E-state index in [2.05, 4.69) is 5.32 Å². The first-order valence-electron chi connectivity index (χ1n) is 7.91. The number of ether oxygens (including phenoxy) is 1. The third-order valence-corrected chi connectivity index (χ3v) is 4.19. The van der Waals surface area contributed by atoms with Crippen molar-refractivity contribution in [3.8, 4) is 6.07 Å². The van der Waals surface area contributed by atoms with E-state index >= 15 is 0 Å². The number of hydrogen-bond acceptors (Lipinski definition) is 5. The van der Waals surface area contributed by atoms with Gasteiger partial charge in [-0.3, -0.25) is 4.79 Å². The summed E-state index contributed by atoms with van der Waals surface area (Å²) >= 11 is 1.62. The van der Waals surface area contributed by atoms with Gasteiger partial charge in [-0.15, -0.1) is 11.8 Å². The van der Waals surface area contributed by atoms with Crippen LogP contribution in [0.1, 0.15) is 22.8 Å². The van der Waals surface area contributed by atoms with Gasteiger partial charge in [-0.2, -0.15) is 5.26 Å². The standard InChI is InChI=1S/C20H18N2O3S/c1-3-25-20(24)15-6-8-17(9-7-15)22-19(23)16(13-21)12-14-4-10-18(26-2)11-5-14/h4-12H,3H2,1-2H3,(H,22,23)/b16-12+. The Balaban J connectivity index is 2.10. The molecule has 0 atom stereocenters. The second-order valence-corrected chi connectivity index (χ2v) is 6.07. The van der Waals surface area contributed by atoms with Gasteiger partial charge >= 0.3 is 5.97 Å². The molecule has 2 rings (SSSR count). The highest BCUT2D eigenvalue weighted by Crippen LogP contribution is 2.17. The Labute approximate surface area is 156 Å². The lowest BCUT2D eigenvalue weighted by Gasteiger charge is -2.06. The van der Waals surface area contributed by atoms with Crippen LogP contribution in [0.4, 0.5) is 5.69 Å². The Morgan fingerprint density at radius 3 is 2.35 bits per heavy atom. The number of nitrogens with one attached hydrogen (secondary N) is 1. The van der Waals surface area contributed by atoms with Crippen LogP contribution in [0.15, 0.2) is 59.0 Å². The van der Waals surface area contributed by atoms with Gasteiger partial charge in [0, 0.05) is 10.6 Å². The zero-order chi connectivity index (χ0) is 18.9. The average molecular weight is 366 g/mol. The summed E-state index contributed by atoms with van der Waals surface area (Å²) < 4.78 is 4.91. The maximum atomic E-state index is 12.3. The molecule has 0 aliphatic heterocycles. The number of benzene rings is 2. The van der Waals surface area contributed by atoms with Crippen LogP contribution < -0.4 is 5.32 Å². The van der Waals surface area contributed by atoms with Crippen LogP contribution in [0, 0.1) is 11.3 Å².